The van der Waals surface area contributed by atoms with Crippen molar-refractivity contribution in [2.45, 2.75) is 19.4 Å². The molecule has 0 aliphatic rings. The molecule has 1 atom stereocenters. The molecule has 106 valence electrons. The van der Waals surface area contributed by atoms with Crippen molar-refractivity contribution < 1.29 is 0 Å². The molecule has 0 aliphatic carbocycles. The van der Waals surface area contributed by atoms with Crippen LogP contribution in [0.2, 0.25) is 10.0 Å². The molecule has 2 rings (SSSR count). The lowest BCUT2D eigenvalue weighted by Gasteiger charge is -2.19. The minimum Gasteiger partial charge on any atom is -0.398 e. The fourth-order valence-corrected chi connectivity index (χ4v) is 2.42. The standard InChI is InChI=1S/C15H17Cl2N3/c1-2-20-15(8-11-9-19-6-5-14(11)18)10-3-4-12(16)13(17)7-10/h3-7,9,15,20H,2,8H2,1H3,(H2,18,19). The zero-order valence-electron chi connectivity index (χ0n) is 11.2. The minimum atomic E-state index is 0.126. The van der Waals surface area contributed by atoms with E-state index in [1.165, 1.54) is 0 Å². The fraction of sp³-hybridized carbons (Fsp3) is 0.267. The van der Waals surface area contributed by atoms with Crippen LogP contribution in [-0.4, -0.2) is 11.5 Å². The summed E-state index contributed by atoms with van der Waals surface area (Å²) < 4.78 is 0. The summed E-state index contributed by atoms with van der Waals surface area (Å²) in [5, 5.41) is 4.56. The molecule has 3 nitrogen and oxygen atoms in total. The van der Waals surface area contributed by atoms with Gasteiger partial charge in [0.15, 0.2) is 0 Å². The first-order valence-electron chi connectivity index (χ1n) is 6.48. The molecule has 0 aliphatic heterocycles. The van der Waals surface area contributed by atoms with Gasteiger partial charge in [-0.25, -0.2) is 0 Å². The van der Waals surface area contributed by atoms with Gasteiger partial charge in [-0.2, -0.15) is 0 Å². The van der Waals surface area contributed by atoms with E-state index < -0.39 is 0 Å². The van der Waals surface area contributed by atoms with Gasteiger partial charge in [0.05, 0.1) is 10.0 Å². The maximum Gasteiger partial charge on any atom is 0.0595 e. The van der Waals surface area contributed by atoms with Crippen LogP contribution in [0.25, 0.3) is 0 Å². The molecule has 20 heavy (non-hydrogen) atoms. The first kappa shape index (κ1) is 15.1. The number of halogens is 2. The second-order valence-electron chi connectivity index (χ2n) is 4.56. The first-order valence-corrected chi connectivity index (χ1v) is 7.24. The van der Waals surface area contributed by atoms with E-state index in [1.54, 1.807) is 12.4 Å². The average molecular weight is 310 g/mol. The van der Waals surface area contributed by atoms with Crippen LogP contribution in [-0.2, 0) is 6.42 Å². The number of hydrogen-bond donors (Lipinski definition) is 2. The molecule has 1 aromatic carbocycles. The summed E-state index contributed by atoms with van der Waals surface area (Å²) in [6.45, 7) is 2.92. The summed E-state index contributed by atoms with van der Waals surface area (Å²) in [6.07, 6.45) is 4.25. The molecule has 0 radical (unpaired) electrons. The normalized spacial score (nSPS) is 12.3. The Balaban J connectivity index is 2.27. The van der Waals surface area contributed by atoms with Crippen molar-refractivity contribution in [3.05, 3.63) is 57.8 Å². The highest BCUT2D eigenvalue weighted by Gasteiger charge is 2.14. The molecular weight excluding hydrogens is 293 g/mol. The van der Waals surface area contributed by atoms with Crippen LogP contribution in [0, 0.1) is 0 Å². The lowest BCUT2D eigenvalue weighted by molar-refractivity contribution is 0.550. The summed E-state index contributed by atoms with van der Waals surface area (Å²) in [7, 11) is 0. The largest absolute Gasteiger partial charge is 0.398 e. The van der Waals surface area contributed by atoms with Crippen molar-refractivity contribution in [1.29, 1.82) is 0 Å². The number of nitrogen functional groups attached to an aromatic ring is 1. The molecule has 2 aromatic rings. The summed E-state index contributed by atoms with van der Waals surface area (Å²) in [5.74, 6) is 0. The van der Waals surface area contributed by atoms with E-state index in [1.807, 2.05) is 24.3 Å². The van der Waals surface area contributed by atoms with Crippen molar-refractivity contribution in [3.8, 4) is 0 Å². The number of benzene rings is 1. The van der Waals surface area contributed by atoms with Crippen LogP contribution in [0.1, 0.15) is 24.1 Å². The second kappa shape index (κ2) is 6.93. The van der Waals surface area contributed by atoms with Gasteiger partial charge in [-0.15, -0.1) is 0 Å². The van der Waals surface area contributed by atoms with Crippen LogP contribution in [0.15, 0.2) is 36.7 Å². The minimum absolute atomic E-state index is 0.126. The zero-order valence-corrected chi connectivity index (χ0v) is 12.7. The number of anilines is 1. The van der Waals surface area contributed by atoms with Gasteiger partial charge >= 0.3 is 0 Å². The number of aromatic nitrogens is 1. The molecule has 0 saturated heterocycles. The van der Waals surface area contributed by atoms with E-state index in [-0.39, 0.29) is 6.04 Å². The third-order valence-corrected chi connectivity index (χ3v) is 3.90. The SMILES string of the molecule is CCNC(Cc1cnccc1N)c1ccc(Cl)c(Cl)c1. The number of nitrogens with zero attached hydrogens (tertiary/aromatic N) is 1. The van der Waals surface area contributed by atoms with Gasteiger partial charge in [-0.1, -0.05) is 36.2 Å². The van der Waals surface area contributed by atoms with Crippen LogP contribution in [0.4, 0.5) is 5.69 Å². The predicted octanol–water partition coefficient (Wildman–Crippen LogP) is 3.86. The lowest BCUT2D eigenvalue weighted by atomic mass is 9.99. The molecular formula is C15H17Cl2N3. The highest BCUT2D eigenvalue weighted by atomic mass is 35.5. The quantitative estimate of drug-likeness (QED) is 0.881. The Kier molecular flexibility index (Phi) is 5.24. The Bertz CT molecular complexity index is 587. The topological polar surface area (TPSA) is 50.9 Å². The molecule has 1 aromatic heterocycles. The average Bonchev–Trinajstić information content (AvgIpc) is 2.44. The molecule has 0 amide bonds. The molecule has 0 spiro atoms. The van der Waals surface area contributed by atoms with Crippen LogP contribution in [0.3, 0.4) is 0 Å². The highest BCUT2D eigenvalue weighted by Crippen LogP contribution is 2.28. The maximum atomic E-state index is 6.10. The van der Waals surface area contributed by atoms with Gasteiger partial charge in [0, 0.05) is 24.1 Å². The number of rotatable bonds is 5. The van der Waals surface area contributed by atoms with Crippen LogP contribution in [0.5, 0.6) is 0 Å². The van der Waals surface area contributed by atoms with Gasteiger partial charge in [0.2, 0.25) is 0 Å². The number of nitrogens with one attached hydrogen (secondary N) is 1. The Morgan fingerprint density at radius 2 is 2.05 bits per heavy atom. The summed E-state index contributed by atoms with van der Waals surface area (Å²) in [4.78, 5) is 4.13. The van der Waals surface area contributed by atoms with E-state index in [0.717, 1.165) is 29.8 Å². The molecule has 0 fully saturated rings. The van der Waals surface area contributed by atoms with E-state index in [0.29, 0.717) is 10.0 Å². The summed E-state index contributed by atoms with van der Waals surface area (Å²) >= 11 is 12.1. The molecule has 3 N–H and O–H groups in total. The predicted molar refractivity (Wildman–Crippen MR) is 85.2 cm³/mol. The van der Waals surface area contributed by atoms with Gasteiger partial charge < -0.3 is 11.1 Å². The van der Waals surface area contributed by atoms with Crippen molar-refractivity contribution in [2.24, 2.45) is 0 Å². The third kappa shape index (κ3) is 3.63. The second-order valence-corrected chi connectivity index (χ2v) is 5.38. The van der Waals surface area contributed by atoms with Crippen molar-refractivity contribution in [1.82, 2.24) is 10.3 Å². The van der Waals surface area contributed by atoms with Gasteiger partial charge in [0.25, 0.3) is 0 Å². The first-order chi connectivity index (χ1) is 9.61. The summed E-state index contributed by atoms with van der Waals surface area (Å²) in [6, 6.07) is 7.63. The lowest BCUT2D eigenvalue weighted by Crippen LogP contribution is -2.23. The number of nitrogens with two attached hydrogens (primary N) is 1. The van der Waals surface area contributed by atoms with Gasteiger partial charge in [-0.3, -0.25) is 4.98 Å². The molecule has 0 bridgehead atoms. The van der Waals surface area contributed by atoms with Crippen molar-refractivity contribution >= 4 is 28.9 Å². The number of pyridine rings is 1. The fourth-order valence-electron chi connectivity index (χ4n) is 2.11. The Morgan fingerprint density at radius 3 is 2.70 bits per heavy atom. The Morgan fingerprint density at radius 1 is 1.25 bits per heavy atom. The molecule has 1 unspecified atom stereocenters. The Labute approximate surface area is 129 Å². The number of likely N-dealkylation sites (N-methyl/N-ethyl adjacent to an activating group) is 1. The van der Waals surface area contributed by atoms with Crippen LogP contribution < -0.4 is 11.1 Å². The van der Waals surface area contributed by atoms with E-state index in [9.17, 15) is 0 Å². The van der Waals surface area contributed by atoms with Gasteiger partial charge in [-0.05, 0) is 42.3 Å². The monoisotopic (exact) mass is 309 g/mol. The Hall–Kier alpha value is -1.29. The van der Waals surface area contributed by atoms with Crippen molar-refractivity contribution in [2.75, 3.05) is 12.3 Å². The van der Waals surface area contributed by atoms with E-state index in [4.69, 9.17) is 28.9 Å². The summed E-state index contributed by atoms with van der Waals surface area (Å²) in [5.41, 5.74) is 8.84. The van der Waals surface area contributed by atoms with E-state index in [2.05, 4.69) is 17.2 Å². The maximum absolute atomic E-state index is 6.10. The number of hydrogen-bond acceptors (Lipinski definition) is 3. The smallest absolute Gasteiger partial charge is 0.0595 e. The van der Waals surface area contributed by atoms with Crippen LogP contribution >= 0.6 is 23.2 Å². The third-order valence-electron chi connectivity index (χ3n) is 3.16. The molecule has 5 heteroatoms. The van der Waals surface area contributed by atoms with E-state index >= 15 is 0 Å². The molecule has 1 heterocycles. The van der Waals surface area contributed by atoms with Gasteiger partial charge in [0.1, 0.15) is 0 Å². The highest BCUT2D eigenvalue weighted by molar-refractivity contribution is 6.42. The molecule has 0 saturated carbocycles. The van der Waals surface area contributed by atoms with Crippen molar-refractivity contribution in [3.63, 3.8) is 0 Å². The zero-order chi connectivity index (χ0) is 14.5.